The molecule has 1 aromatic heterocycles. The van der Waals surface area contributed by atoms with Crippen molar-refractivity contribution >= 4 is 44.6 Å². The van der Waals surface area contributed by atoms with Gasteiger partial charge in [0.2, 0.25) is 0 Å². The van der Waals surface area contributed by atoms with Gasteiger partial charge in [0.1, 0.15) is 4.88 Å². The summed E-state index contributed by atoms with van der Waals surface area (Å²) in [5, 5.41) is 4.01. The lowest BCUT2D eigenvalue weighted by Crippen LogP contribution is -2.23. The molecule has 3 N–H and O–H groups in total. The van der Waals surface area contributed by atoms with Crippen molar-refractivity contribution in [2.45, 2.75) is 6.92 Å². The van der Waals surface area contributed by atoms with Crippen LogP contribution in [0, 0.1) is 11.8 Å². The second-order valence-corrected chi connectivity index (χ2v) is 5.03. The fraction of sp³-hybridized carbons (Fsp3) is 0.154. The fourth-order valence-corrected chi connectivity index (χ4v) is 2.99. The highest BCUT2D eigenvalue weighted by Crippen LogP contribution is 2.37. The second-order valence-electron chi connectivity index (χ2n) is 3.57. The highest BCUT2D eigenvalue weighted by molar-refractivity contribution is 7.21. The number of benzene rings is 1. The Bertz CT molecular complexity index is 667. The summed E-state index contributed by atoms with van der Waals surface area (Å²) in [6, 6.07) is 5.49. The number of rotatable bonds is 2. The molecule has 0 aliphatic rings. The molecule has 0 radical (unpaired) electrons. The van der Waals surface area contributed by atoms with Crippen molar-refractivity contribution in [2.75, 3.05) is 12.3 Å². The quantitative estimate of drug-likeness (QED) is 0.830. The number of nitrogens with two attached hydrogens (primary N) is 1. The number of fused-ring (bicyclic) bond motifs is 1. The largest absolute Gasteiger partial charge is 0.397 e. The molecule has 18 heavy (non-hydrogen) atoms. The third-order valence-electron chi connectivity index (χ3n) is 2.42. The van der Waals surface area contributed by atoms with Crippen LogP contribution in [0.3, 0.4) is 0 Å². The van der Waals surface area contributed by atoms with Crippen LogP contribution in [0.1, 0.15) is 16.6 Å². The number of hydrogen-bond acceptors (Lipinski definition) is 3. The van der Waals surface area contributed by atoms with E-state index in [-0.39, 0.29) is 5.91 Å². The zero-order valence-corrected chi connectivity index (χ0v) is 11.3. The molecule has 2 rings (SSSR count). The van der Waals surface area contributed by atoms with Gasteiger partial charge in [0.15, 0.2) is 0 Å². The van der Waals surface area contributed by atoms with Crippen LogP contribution in [0.5, 0.6) is 0 Å². The molecule has 1 aromatic carbocycles. The van der Waals surface area contributed by atoms with E-state index in [1.54, 1.807) is 13.0 Å². The summed E-state index contributed by atoms with van der Waals surface area (Å²) in [5.74, 6) is 5.27. The number of hydrogen-bond donors (Lipinski definition) is 2. The lowest BCUT2D eigenvalue weighted by molar-refractivity contribution is 0.0963. The zero-order chi connectivity index (χ0) is 13.1. The third-order valence-corrected chi connectivity index (χ3v) is 3.91. The van der Waals surface area contributed by atoms with Crippen LogP contribution in [0.15, 0.2) is 18.2 Å². The maximum absolute atomic E-state index is 11.9. The monoisotopic (exact) mass is 278 g/mol. The summed E-state index contributed by atoms with van der Waals surface area (Å²) in [5.41, 5.74) is 6.41. The summed E-state index contributed by atoms with van der Waals surface area (Å²) >= 11 is 7.41. The minimum Gasteiger partial charge on any atom is -0.397 e. The van der Waals surface area contributed by atoms with Crippen LogP contribution in [-0.2, 0) is 0 Å². The highest BCUT2D eigenvalue weighted by Gasteiger charge is 2.17. The Morgan fingerprint density at radius 1 is 1.56 bits per heavy atom. The number of nitrogen functional groups attached to an aromatic ring is 1. The molecule has 2 aromatic rings. The van der Waals surface area contributed by atoms with Gasteiger partial charge in [-0.3, -0.25) is 4.79 Å². The number of carbonyl (C=O) groups excluding carboxylic acids is 1. The number of carbonyl (C=O) groups is 1. The van der Waals surface area contributed by atoms with Gasteiger partial charge in [0.05, 0.1) is 17.3 Å². The summed E-state index contributed by atoms with van der Waals surface area (Å²) in [6.07, 6.45) is 0. The Labute approximate surface area is 114 Å². The first-order valence-corrected chi connectivity index (χ1v) is 6.49. The number of nitrogens with one attached hydrogen (secondary N) is 1. The van der Waals surface area contributed by atoms with E-state index < -0.39 is 0 Å². The first kappa shape index (κ1) is 12.7. The van der Waals surface area contributed by atoms with Gasteiger partial charge >= 0.3 is 0 Å². The SMILES string of the molecule is CC#CCNC(=O)c1sc2cccc(Cl)c2c1N. The summed E-state index contributed by atoms with van der Waals surface area (Å²) in [6.45, 7) is 2.04. The minimum absolute atomic E-state index is 0.215. The Morgan fingerprint density at radius 2 is 2.33 bits per heavy atom. The van der Waals surface area contributed by atoms with Gasteiger partial charge in [-0.05, 0) is 19.1 Å². The normalized spacial score (nSPS) is 9.89. The molecule has 0 saturated heterocycles. The minimum atomic E-state index is -0.215. The molecule has 0 bridgehead atoms. The van der Waals surface area contributed by atoms with E-state index in [2.05, 4.69) is 17.2 Å². The van der Waals surface area contributed by atoms with Gasteiger partial charge < -0.3 is 11.1 Å². The lowest BCUT2D eigenvalue weighted by Gasteiger charge is -2.00. The second kappa shape index (κ2) is 5.30. The molecule has 92 valence electrons. The number of halogens is 1. The van der Waals surface area contributed by atoms with Crippen molar-refractivity contribution in [3.8, 4) is 11.8 Å². The highest BCUT2D eigenvalue weighted by atomic mass is 35.5. The van der Waals surface area contributed by atoms with Gasteiger partial charge in [-0.15, -0.1) is 17.3 Å². The molecule has 0 spiro atoms. The molecular weight excluding hydrogens is 268 g/mol. The summed E-state index contributed by atoms with van der Waals surface area (Å²) in [4.78, 5) is 12.4. The van der Waals surface area contributed by atoms with Gasteiger partial charge in [-0.25, -0.2) is 0 Å². The topological polar surface area (TPSA) is 55.1 Å². The van der Waals surface area contributed by atoms with Crippen LogP contribution in [0.25, 0.3) is 10.1 Å². The molecule has 3 nitrogen and oxygen atoms in total. The lowest BCUT2D eigenvalue weighted by atomic mass is 10.2. The van der Waals surface area contributed by atoms with Gasteiger partial charge in [0, 0.05) is 10.1 Å². The Morgan fingerprint density at radius 3 is 3.00 bits per heavy atom. The summed E-state index contributed by atoms with van der Waals surface area (Å²) in [7, 11) is 0. The number of anilines is 1. The molecule has 0 atom stereocenters. The van der Waals surface area contributed by atoms with E-state index in [4.69, 9.17) is 17.3 Å². The molecular formula is C13H11ClN2OS. The van der Waals surface area contributed by atoms with E-state index in [9.17, 15) is 4.79 Å². The van der Waals surface area contributed by atoms with Crippen molar-refractivity contribution in [2.24, 2.45) is 0 Å². The van der Waals surface area contributed by atoms with Crippen LogP contribution in [0.2, 0.25) is 5.02 Å². The molecule has 0 aliphatic carbocycles. The average Bonchev–Trinajstić information content (AvgIpc) is 2.68. The number of thiophene rings is 1. The van der Waals surface area contributed by atoms with Crippen molar-refractivity contribution in [1.82, 2.24) is 5.32 Å². The molecule has 0 unspecified atom stereocenters. The number of amides is 1. The standard InChI is InChI=1S/C13H11ClN2OS/c1-2-3-7-16-13(17)12-11(15)10-8(14)5-4-6-9(10)18-12/h4-6H,7,15H2,1H3,(H,16,17). The van der Waals surface area contributed by atoms with Crippen molar-refractivity contribution in [1.29, 1.82) is 0 Å². The van der Waals surface area contributed by atoms with Crippen LogP contribution >= 0.6 is 22.9 Å². The van der Waals surface area contributed by atoms with E-state index in [0.717, 1.165) is 10.1 Å². The van der Waals surface area contributed by atoms with E-state index >= 15 is 0 Å². The van der Waals surface area contributed by atoms with Crippen LogP contribution in [-0.4, -0.2) is 12.5 Å². The maximum Gasteiger partial charge on any atom is 0.264 e. The average molecular weight is 279 g/mol. The molecule has 5 heteroatoms. The predicted molar refractivity (Wildman–Crippen MR) is 77.0 cm³/mol. The van der Waals surface area contributed by atoms with Crippen molar-refractivity contribution < 1.29 is 4.79 Å². The molecule has 0 fully saturated rings. The Balaban J connectivity index is 2.39. The third kappa shape index (κ3) is 2.28. The van der Waals surface area contributed by atoms with E-state index in [0.29, 0.717) is 22.1 Å². The van der Waals surface area contributed by atoms with E-state index in [1.165, 1.54) is 11.3 Å². The molecule has 0 aliphatic heterocycles. The first-order valence-electron chi connectivity index (χ1n) is 5.29. The van der Waals surface area contributed by atoms with Crippen LogP contribution < -0.4 is 11.1 Å². The Hall–Kier alpha value is -1.70. The molecule has 0 saturated carbocycles. The van der Waals surface area contributed by atoms with Crippen LogP contribution in [0.4, 0.5) is 5.69 Å². The van der Waals surface area contributed by atoms with Gasteiger partial charge in [0.25, 0.3) is 5.91 Å². The fourth-order valence-electron chi connectivity index (χ4n) is 1.59. The van der Waals surface area contributed by atoms with Gasteiger partial charge in [-0.1, -0.05) is 23.6 Å². The maximum atomic E-state index is 11.9. The van der Waals surface area contributed by atoms with E-state index in [1.807, 2.05) is 12.1 Å². The smallest absolute Gasteiger partial charge is 0.264 e. The van der Waals surface area contributed by atoms with Crippen molar-refractivity contribution in [3.63, 3.8) is 0 Å². The first-order chi connectivity index (χ1) is 8.65. The predicted octanol–water partition coefficient (Wildman–Crippen LogP) is 2.89. The van der Waals surface area contributed by atoms with Gasteiger partial charge in [-0.2, -0.15) is 0 Å². The summed E-state index contributed by atoms with van der Waals surface area (Å²) < 4.78 is 0.909. The van der Waals surface area contributed by atoms with Crippen molar-refractivity contribution in [3.05, 3.63) is 28.1 Å². The molecule has 1 amide bonds. The zero-order valence-electron chi connectivity index (χ0n) is 9.71. The molecule has 1 heterocycles. The Kier molecular flexibility index (Phi) is 3.75.